The van der Waals surface area contributed by atoms with E-state index in [4.69, 9.17) is 4.74 Å². The van der Waals surface area contributed by atoms with Crippen molar-refractivity contribution in [2.45, 2.75) is 24.7 Å². The fourth-order valence-corrected chi connectivity index (χ4v) is 2.71. The Bertz CT molecular complexity index is 502. The zero-order valence-electron chi connectivity index (χ0n) is 10.8. The van der Waals surface area contributed by atoms with Crippen LogP contribution in [0.5, 0.6) is 5.75 Å². The van der Waals surface area contributed by atoms with Gasteiger partial charge in [0, 0.05) is 13.6 Å². The van der Waals surface area contributed by atoms with Crippen LogP contribution in [0.1, 0.15) is 19.8 Å². The quantitative estimate of drug-likeness (QED) is 0.800. The van der Waals surface area contributed by atoms with Gasteiger partial charge < -0.3 is 4.74 Å². The van der Waals surface area contributed by atoms with Crippen LogP contribution >= 0.6 is 0 Å². The largest absolute Gasteiger partial charge is 0.494 e. The number of ether oxygens (including phenoxy) is 1. The number of sulfonamides is 1. The average molecular weight is 275 g/mol. The van der Waals surface area contributed by atoms with Gasteiger partial charge in [-0.05, 0) is 24.6 Å². The molecule has 1 rings (SSSR count). The summed E-state index contributed by atoms with van der Waals surface area (Å²) in [7, 11) is -0.794. The van der Waals surface area contributed by atoms with Gasteiger partial charge in [-0.1, -0.05) is 13.3 Å². The van der Waals surface area contributed by atoms with Crippen molar-refractivity contribution < 1.29 is 17.5 Å². The molecular weight excluding hydrogens is 257 g/mol. The van der Waals surface area contributed by atoms with Gasteiger partial charge >= 0.3 is 0 Å². The SMILES string of the molecule is CCCCN(C)S(=O)(=O)c1ccc(OC)c(F)c1. The summed E-state index contributed by atoms with van der Waals surface area (Å²) in [5.74, 6) is -0.646. The number of hydrogen-bond donors (Lipinski definition) is 0. The maximum absolute atomic E-state index is 13.5. The Morgan fingerprint density at radius 2 is 2.06 bits per heavy atom. The lowest BCUT2D eigenvalue weighted by atomic mass is 10.3. The standard InChI is InChI=1S/C12H18FNO3S/c1-4-5-8-14(2)18(15,16)10-6-7-12(17-3)11(13)9-10/h6-7,9H,4-5,8H2,1-3H3. The van der Waals surface area contributed by atoms with E-state index in [1.165, 1.54) is 30.6 Å². The summed E-state index contributed by atoms with van der Waals surface area (Å²) in [4.78, 5) is -0.0561. The molecule has 0 unspecified atom stereocenters. The number of rotatable bonds is 6. The summed E-state index contributed by atoms with van der Waals surface area (Å²) in [6.07, 6.45) is 1.67. The van der Waals surface area contributed by atoms with Gasteiger partial charge in [0.25, 0.3) is 0 Å². The molecule has 0 amide bonds. The molecule has 4 nitrogen and oxygen atoms in total. The number of nitrogens with zero attached hydrogens (tertiary/aromatic N) is 1. The van der Waals surface area contributed by atoms with Crippen LogP contribution < -0.4 is 4.74 Å². The zero-order valence-corrected chi connectivity index (χ0v) is 11.6. The lowest BCUT2D eigenvalue weighted by molar-refractivity contribution is 0.385. The summed E-state index contributed by atoms with van der Waals surface area (Å²) in [5, 5.41) is 0. The molecule has 18 heavy (non-hydrogen) atoms. The van der Waals surface area contributed by atoms with Crippen LogP contribution in [0.2, 0.25) is 0 Å². The first-order valence-corrected chi connectivity index (χ1v) is 7.17. The van der Waals surface area contributed by atoms with E-state index < -0.39 is 15.8 Å². The Kier molecular flexibility index (Phi) is 5.10. The normalized spacial score (nSPS) is 11.8. The number of hydrogen-bond acceptors (Lipinski definition) is 3. The highest BCUT2D eigenvalue weighted by Gasteiger charge is 2.21. The van der Waals surface area contributed by atoms with E-state index in [-0.39, 0.29) is 10.6 Å². The second-order valence-electron chi connectivity index (χ2n) is 3.98. The number of halogens is 1. The van der Waals surface area contributed by atoms with Crippen LogP contribution in [-0.2, 0) is 10.0 Å². The highest BCUT2D eigenvalue weighted by Crippen LogP contribution is 2.22. The van der Waals surface area contributed by atoms with Crippen molar-refractivity contribution in [3.63, 3.8) is 0 Å². The van der Waals surface area contributed by atoms with Crippen LogP contribution in [0.25, 0.3) is 0 Å². The molecule has 0 atom stereocenters. The summed E-state index contributed by atoms with van der Waals surface area (Å²) in [5.41, 5.74) is 0. The van der Waals surface area contributed by atoms with E-state index >= 15 is 0 Å². The van der Waals surface area contributed by atoms with E-state index in [1.807, 2.05) is 6.92 Å². The highest BCUT2D eigenvalue weighted by molar-refractivity contribution is 7.89. The molecule has 0 aliphatic rings. The lowest BCUT2D eigenvalue weighted by Crippen LogP contribution is -2.28. The van der Waals surface area contributed by atoms with Gasteiger partial charge in [0.15, 0.2) is 11.6 Å². The molecular formula is C12H18FNO3S. The first-order chi connectivity index (χ1) is 8.43. The lowest BCUT2D eigenvalue weighted by Gasteiger charge is -2.17. The van der Waals surface area contributed by atoms with E-state index in [0.717, 1.165) is 18.9 Å². The smallest absolute Gasteiger partial charge is 0.242 e. The maximum atomic E-state index is 13.5. The summed E-state index contributed by atoms with van der Waals surface area (Å²) >= 11 is 0. The van der Waals surface area contributed by atoms with Crippen molar-refractivity contribution in [1.82, 2.24) is 4.31 Å². The molecule has 0 fully saturated rings. The second kappa shape index (κ2) is 6.15. The first kappa shape index (κ1) is 14.9. The van der Waals surface area contributed by atoms with E-state index in [2.05, 4.69) is 0 Å². The molecule has 0 saturated heterocycles. The Morgan fingerprint density at radius 3 is 2.56 bits per heavy atom. The Morgan fingerprint density at radius 1 is 1.39 bits per heavy atom. The van der Waals surface area contributed by atoms with Crippen LogP contribution in [0.15, 0.2) is 23.1 Å². The third-order valence-corrected chi connectivity index (χ3v) is 4.51. The average Bonchev–Trinajstić information content (AvgIpc) is 2.35. The highest BCUT2D eigenvalue weighted by atomic mass is 32.2. The van der Waals surface area contributed by atoms with E-state index in [9.17, 15) is 12.8 Å². The predicted molar refractivity (Wildman–Crippen MR) is 67.7 cm³/mol. The molecule has 0 radical (unpaired) electrons. The van der Waals surface area contributed by atoms with Crippen molar-refractivity contribution >= 4 is 10.0 Å². The predicted octanol–water partition coefficient (Wildman–Crippen LogP) is 2.25. The van der Waals surface area contributed by atoms with Gasteiger partial charge in [0.05, 0.1) is 12.0 Å². The number of methoxy groups -OCH3 is 1. The van der Waals surface area contributed by atoms with Crippen LogP contribution in [0.3, 0.4) is 0 Å². The topological polar surface area (TPSA) is 46.6 Å². The summed E-state index contributed by atoms with van der Waals surface area (Å²) in [6.45, 7) is 2.40. The van der Waals surface area contributed by atoms with Crippen LogP contribution in [-0.4, -0.2) is 33.4 Å². The fourth-order valence-electron chi connectivity index (χ4n) is 1.49. The molecule has 0 aromatic heterocycles. The molecule has 0 bridgehead atoms. The van der Waals surface area contributed by atoms with Gasteiger partial charge in [-0.2, -0.15) is 0 Å². The molecule has 6 heteroatoms. The van der Waals surface area contributed by atoms with Gasteiger partial charge in [-0.15, -0.1) is 0 Å². The number of unbranched alkanes of at least 4 members (excludes halogenated alkanes) is 1. The third-order valence-electron chi connectivity index (χ3n) is 2.66. The Hall–Kier alpha value is -1.14. The third kappa shape index (κ3) is 3.20. The molecule has 0 N–H and O–H groups in total. The van der Waals surface area contributed by atoms with Gasteiger partial charge in [0.2, 0.25) is 10.0 Å². The van der Waals surface area contributed by atoms with Crippen molar-refractivity contribution in [3.8, 4) is 5.75 Å². The van der Waals surface area contributed by atoms with E-state index in [0.29, 0.717) is 6.54 Å². The van der Waals surface area contributed by atoms with E-state index in [1.54, 1.807) is 0 Å². The van der Waals surface area contributed by atoms with Crippen molar-refractivity contribution in [3.05, 3.63) is 24.0 Å². The van der Waals surface area contributed by atoms with Crippen molar-refractivity contribution in [2.75, 3.05) is 20.7 Å². The molecule has 1 aromatic rings. The molecule has 0 heterocycles. The molecule has 102 valence electrons. The minimum absolute atomic E-state index is 0.0326. The molecule has 0 saturated carbocycles. The van der Waals surface area contributed by atoms with Crippen LogP contribution in [0, 0.1) is 5.82 Å². The minimum atomic E-state index is -3.62. The Balaban J connectivity index is 3.01. The molecule has 0 spiro atoms. The van der Waals surface area contributed by atoms with Crippen LogP contribution in [0.4, 0.5) is 4.39 Å². The molecule has 1 aromatic carbocycles. The summed E-state index contributed by atoms with van der Waals surface area (Å²) in [6, 6.07) is 3.65. The second-order valence-corrected chi connectivity index (χ2v) is 6.02. The molecule has 0 aliphatic heterocycles. The zero-order chi connectivity index (χ0) is 13.8. The molecule has 0 aliphatic carbocycles. The number of benzene rings is 1. The van der Waals surface area contributed by atoms with Crippen molar-refractivity contribution in [2.24, 2.45) is 0 Å². The van der Waals surface area contributed by atoms with Gasteiger partial charge in [-0.3, -0.25) is 0 Å². The summed E-state index contributed by atoms with van der Waals surface area (Å²) < 4.78 is 43.7. The maximum Gasteiger partial charge on any atom is 0.242 e. The first-order valence-electron chi connectivity index (χ1n) is 5.73. The fraction of sp³-hybridized carbons (Fsp3) is 0.500. The van der Waals surface area contributed by atoms with Gasteiger partial charge in [-0.25, -0.2) is 17.1 Å². The minimum Gasteiger partial charge on any atom is -0.494 e. The van der Waals surface area contributed by atoms with Gasteiger partial charge in [0.1, 0.15) is 0 Å². The monoisotopic (exact) mass is 275 g/mol. The Labute approximate surface area is 107 Å². The van der Waals surface area contributed by atoms with Crippen molar-refractivity contribution in [1.29, 1.82) is 0 Å².